The number of carbonyl (C=O) groups excluding carboxylic acids is 3. The lowest BCUT2D eigenvalue weighted by Gasteiger charge is -2.31. The van der Waals surface area contributed by atoms with Gasteiger partial charge in [0.15, 0.2) is 17.3 Å². The molecule has 1 atom stereocenters. The van der Waals surface area contributed by atoms with E-state index in [-0.39, 0.29) is 40.3 Å². The van der Waals surface area contributed by atoms with Crippen LogP contribution in [0.5, 0.6) is 11.5 Å². The molecule has 1 aliphatic heterocycles. The van der Waals surface area contributed by atoms with Crippen LogP contribution in [-0.4, -0.2) is 60.2 Å². The van der Waals surface area contributed by atoms with E-state index < -0.39 is 23.6 Å². The van der Waals surface area contributed by atoms with Crippen molar-refractivity contribution in [2.45, 2.75) is 40.2 Å². The van der Waals surface area contributed by atoms with Crippen molar-refractivity contribution < 1.29 is 34.1 Å². The van der Waals surface area contributed by atoms with Gasteiger partial charge in [0.1, 0.15) is 11.9 Å². The zero-order valence-electron chi connectivity index (χ0n) is 19.3. The molecule has 0 aromatic heterocycles. The summed E-state index contributed by atoms with van der Waals surface area (Å²) < 4.78 is 10.9. The van der Waals surface area contributed by atoms with Gasteiger partial charge >= 0.3 is 5.97 Å². The Labute approximate surface area is 192 Å². The number of aromatic hydroxyl groups is 2. The summed E-state index contributed by atoms with van der Waals surface area (Å²) >= 11 is 0. The van der Waals surface area contributed by atoms with E-state index in [4.69, 9.17) is 9.47 Å². The summed E-state index contributed by atoms with van der Waals surface area (Å²) in [6.07, 6.45) is 3.34. The first-order valence-corrected chi connectivity index (χ1v) is 10.8. The lowest BCUT2D eigenvalue weighted by atomic mass is 9.84. The third-order valence-electron chi connectivity index (χ3n) is 5.39. The van der Waals surface area contributed by atoms with Crippen molar-refractivity contribution in [3.05, 3.63) is 52.1 Å². The number of hydrogen-bond donors (Lipinski definition) is 2. The Morgan fingerprint density at radius 3 is 2.39 bits per heavy atom. The number of phenolic OH excluding ortho intramolecular Hbond substituents is 2. The van der Waals surface area contributed by atoms with Crippen LogP contribution in [0, 0.1) is 0 Å². The number of benzene rings is 1. The average Bonchev–Trinajstić information content (AvgIpc) is 2.75. The summed E-state index contributed by atoms with van der Waals surface area (Å²) in [5.41, 5.74) is 1.34. The van der Waals surface area contributed by atoms with Gasteiger partial charge in [-0.25, -0.2) is 4.79 Å². The molecule has 2 N–H and O–H groups in total. The van der Waals surface area contributed by atoms with Crippen LogP contribution in [0.1, 0.15) is 54.8 Å². The summed E-state index contributed by atoms with van der Waals surface area (Å²) in [7, 11) is 0. The van der Waals surface area contributed by atoms with Gasteiger partial charge in [-0.1, -0.05) is 17.2 Å². The Hall–Kier alpha value is -3.39. The topological polar surface area (TPSA) is 113 Å². The second-order valence-electron chi connectivity index (χ2n) is 8.57. The van der Waals surface area contributed by atoms with Crippen LogP contribution in [0.25, 0.3) is 0 Å². The van der Waals surface area contributed by atoms with Crippen molar-refractivity contribution in [1.82, 2.24) is 0 Å². The molecule has 0 bridgehead atoms. The Kier molecular flexibility index (Phi) is 7.38. The number of fused-ring (bicyclic) bond motifs is 1. The van der Waals surface area contributed by atoms with Crippen LogP contribution in [0.15, 0.2) is 41.0 Å². The van der Waals surface area contributed by atoms with Gasteiger partial charge in [0.05, 0.1) is 30.0 Å². The number of ether oxygens (including phenoxy) is 2. The minimum atomic E-state index is -1.03. The number of allylic oxidation sites excluding steroid dienone is 3. The summed E-state index contributed by atoms with van der Waals surface area (Å²) in [6.45, 7) is 8.99. The second-order valence-corrected chi connectivity index (χ2v) is 8.57. The first-order valence-electron chi connectivity index (χ1n) is 10.8. The van der Waals surface area contributed by atoms with E-state index in [1.807, 2.05) is 13.8 Å². The number of carbonyl (C=O) groups is 3. The number of ketones is 2. The Balaban J connectivity index is 2.06. The van der Waals surface area contributed by atoms with Crippen molar-refractivity contribution in [2.75, 3.05) is 31.2 Å². The van der Waals surface area contributed by atoms with E-state index in [9.17, 15) is 24.6 Å². The zero-order valence-corrected chi connectivity index (χ0v) is 19.3. The molecule has 1 unspecified atom stereocenters. The normalized spacial score (nSPS) is 16.5. The highest BCUT2D eigenvalue weighted by atomic mass is 16.5. The maximum absolute atomic E-state index is 13.5. The van der Waals surface area contributed by atoms with Gasteiger partial charge in [-0.15, -0.1) is 0 Å². The predicted molar refractivity (Wildman–Crippen MR) is 123 cm³/mol. The summed E-state index contributed by atoms with van der Waals surface area (Å²) in [4.78, 5) is 40.5. The van der Waals surface area contributed by atoms with Gasteiger partial charge in [-0.2, -0.15) is 0 Å². The van der Waals surface area contributed by atoms with Crippen molar-refractivity contribution in [2.24, 2.45) is 0 Å². The quantitative estimate of drug-likeness (QED) is 0.290. The molecule has 2 aliphatic rings. The van der Waals surface area contributed by atoms with Gasteiger partial charge in [0.2, 0.25) is 0 Å². The fourth-order valence-electron chi connectivity index (χ4n) is 3.81. The van der Waals surface area contributed by atoms with Crippen LogP contribution < -0.4 is 4.90 Å². The highest BCUT2D eigenvalue weighted by Gasteiger charge is 2.37. The summed E-state index contributed by atoms with van der Waals surface area (Å²) in [6, 6.07) is 1.29. The number of anilines is 1. The molecular formula is C25H29NO7. The van der Waals surface area contributed by atoms with Gasteiger partial charge in [0, 0.05) is 37.2 Å². The maximum Gasteiger partial charge on any atom is 0.331 e. The van der Waals surface area contributed by atoms with E-state index in [2.05, 4.69) is 0 Å². The predicted octanol–water partition coefficient (Wildman–Crippen LogP) is 3.47. The molecule has 3 rings (SSSR count). The number of phenols is 2. The van der Waals surface area contributed by atoms with Crippen LogP contribution in [0.4, 0.5) is 5.69 Å². The van der Waals surface area contributed by atoms with Crippen LogP contribution >= 0.6 is 0 Å². The molecule has 0 amide bonds. The lowest BCUT2D eigenvalue weighted by molar-refractivity contribution is -0.141. The number of esters is 1. The first-order chi connectivity index (χ1) is 15.6. The minimum Gasteiger partial charge on any atom is -0.507 e. The number of nitrogens with zero attached hydrogens (tertiary/aromatic N) is 1. The Morgan fingerprint density at radius 1 is 1.12 bits per heavy atom. The largest absolute Gasteiger partial charge is 0.507 e. The molecule has 0 radical (unpaired) electrons. The molecule has 8 heteroatoms. The molecule has 33 heavy (non-hydrogen) atoms. The summed E-state index contributed by atoms with van der Waals surface area (Å²) in [5.74, 6) is -2.71. The minimum absolute atomic E-state index is 0.0469. The molecule has 1 aromatic rings. The fraction of sp³-hybridized carbons (Fsp3) is 0.400. The third-order valence-corrected chi connectivity index (χ3v) is 5.39. The van der Waals surface area contributed by atoms with Gasteiger partial charge in [-0.05, 0) is 33.8 Å². The molecular weight excluding hydrogens is 426 g/mol. The molecule has 176 valence electrons. The van der Waals surface area contributed by atoms with Crippen molar-refractivity contribution in [3.8, 4) is 11.5 Å². The highest BCUT2D eigenvalue weighted by Crippen LogP contribution is 2.43. The van der Waals surface area contributed by atoms with E-state index in [1.165, 1.54) is 12.1 Å². The van der Waals surface area contributed by atoms with E-state index >= 15 is 0 Å². The van der Waals surface area contributed by atoms with Crippen LogP contribution in [-0.2, 0) is 14.3 Å². The molecule has 8 nitrogen and oxygen atoms in total. The smallest absolute Gasteiger partial charge is 0.331 e. The monoisotopic (exact) mass is 455 g/mol. The molecule has 0 saturated carbocycles. The SMILES string of the molecule is CC(C)=CCC(OC(=O)C=C(C)C)C1=CC(=O)c2c(O)cc(N3CCOCC3)c(O)c2C1=O. The average molecular weight is 456 g/mol. The van der Waals surface area contributed by atoms with Gasteiger partial charge < -0.3 is 24.6 Å². The van der Waals surface area contributed by atoms with E-state index in [0.717, 1.165) is 17.2 Å². The number of morpholine rings is 1. The Morgan fingerprint density at radius 2 is 1.79 bits per heavy atom. The van der Waals surface area contributed by atoms with Gasteiger partial charge in [-0.3, -0.25) is 9.59 Å². The maximum atomic E-state index is 13.5. The van der Waals surface area contributed by atoms with Crippen molar-refractivity contribution >= 4 is 23.2 Å². The standard InChI is InChI=1S/C25H29NO7/c1-14(2)5-6-20(33-21(29)11-15(3)4)16-12-18(27)22-19(28)13-17(25(31)23(22)24(16)30)26-7-9-32-10-8-26/h5,11-13,20,28,31H,6-10H2,1-4H3. The second kappa shape index (κ2) is 10.0. The van der Waals surface area contributed by atoms with Crippen molar-refractivity contribution in [1.29, 1.82) is 0 Å². The third kappa shape index (κ3) is 5.34. The molecule has 1 saturated heterocycles. The van der Waals surface area contributed by atoms with E-state index in [0.29, 0.717) is 26.3 Å². The zero-order chi connectivity index (χ0) is 24.3. The lowest BCUT2D eigenvalue weighted by Crippen LogP contribution is -2.36. The van der Waals surface area contributed by atoms with E-state index in [1.54, 1.807) is 24.8 Å². The Bertz CT molecular complexity index is 1070. The fourth-order valence-corrected chi connectivity index (χ4v) is 3.81. The molecule has 1 fully saturated rings. The highest BCUT2D eigenvalue weighted by molar-refractivity contribution is 6.27. The van der Waals surface area contributed by atoms with Crippen LogP contribution in [0.2, 0.25) is 0 Å². The molecule has 1 aromatic carbocycles. The van der Waals surface area contributed by atoms with Gasteiger partial charge in [0.25, 0.3) is 0 Å². The van der Waals surface area contributed by atoms with Crippen molar-refractivity contribution in [3.63, 3.8) is 0 Å². The number of Topliss-reactive ketones (excluding diaryl/α,β-unsaturated/α-hetero) is 1. The first kappa shape index (κ1) is 24.3. The molecule has 1 heterocycles. The summed E-state index contributed by atoms with van der Waals surface area (Å²) in [5, 5.41) is 21.5. The number of rotatable bonds is 6. The molecule has 1 aliphatic carbocycles. The molecule has 0 spiro atoms. The van der Waals surface area contributed by atoms with Crippen LogP contribution in [0.3, 0.4) is 0 Å². The number of hydrogen-bond acceptors (Lipinski definition) is 8.